The third-order valence-electron chi connectivity index (χ3n) is 3.46. The number of hydrogen-bond acceptors (Lipinski definition) is 4. The molecular weight excluding hydrogens is 222 g/mol. The molecule has 4 heteroatoms. The van der Waals surface area contributed by atoms with E-state index in [9.17, 15) is 0 Å². The molecule has 2 rings (SSSR count). The summed E-state index contributed by atoms with van der Waals surface area (Å²) >= 11 is 4.27. The summed E-state index contributed by atoms with van der Waals surface area (Å²) in [7, 11) is 0. The van der Waals surface area contributed by atoms with Crippen LogP contribution in [0.1, 0.15) is 26.2 Å². The molecule has 0 radical (unpaired) electrons. The van der Waals surface area contributed by atoms with E-state index in [1.54, 1.807) is 0 Å². The van der Waals surface area contributed by atoms with Crippen LogP contribution in [0.3, 0.4) is 0 Å². The van der Waals surface area contributed by atoms with Gasteiger partial charge in [-0.25, -0.2) is 0 Å². The maximum atomic E-state index is 5.65. The molecule has 0 bridgehead atoms. The van der Waals surface area contributed by atoms with Crippen molar-refractivity contribution in [1.29, 1.82) is 0 Å². The minimum Gasteiger partial charge on any atom is -0.380 e. The van der Waals surface area contributed by atoms with Crippen LogP contribution in [-0.2, 0) is 9.47 Å². The highest BCUT2D eigenvalue weighted by Gasteiger charge is 2.44. The van der Waals surface area contributed by atoms with Gasteiger partial charge in [-0.05, 0) is 26.2 Å². The van der Waals surface area contributed by atoms with Gasteiger partial charge in [0.1, 0.15) is 0 Å². The van der Waals surface area contributed by atoms with Crippen LogP contribution in [0.2, 0.25) is 0 Å². The van der Waals surface area contributed by atoms with Gasteiger partial charge in [0, 0.05) is 31.7 Å². The molecule has 1 saturated carbocycles. The lowest BCUT2D eigenvalue weighted by atomic mass is 10.1. The van der Waals surface area contributed by atoms with Gasteiger partial charge in [0.25, 0.3) is 0 Å². The fourth-order valence-corrected chi connectivity index (χ4v) is 2.33. The van der Waals surface area contributed by atoms with Crippen molar-refractivity contribution in [3.05, 3.63) is 0 Å². The highest BCUT2D eigenvalue weighted by atomic mass is 32.1. The monoisotopic (exact) mass is 245 g/mol. The third-order valence-corrected chi connectivity index (χ3v) is 3.61. The zero-order chi connectivity index (χ0) is 11.4. The van der Waals surface area contributed by atoms with E-state index in [1.807, 2.05) is 6.92 Å². The van der Waals surface area contributed by atoms with Crippen molar-refractivity contribution >= 4 is 12.6 Å². The fourth-order valence-electron chi connectivity index (χ4n) is 2.25. The Balaban J connectivity index is 1.74. The van der Waals surface area contributed by atoms with Crippen molar-refractivity contribution in [2.75, 3.05) is 39.5 Å². The Labute approximate surface area is 104 Å². The third kappa shape index (κ3) is 3.91. The van der Waals surface area contributed by atoms with E-state index in [0.29, 0.717) is 5.41 Å². The van der Waals surface area contributed by atoms with Crippen molar-refractivity contribution < 1.29 is 9.47 Å². The van der Waals surface area contributed by atoms with E-state index in [0.717, 1.165) is 26.4 Å². The average molecular weight is 245 g/mol. The molecule has 0 spiro atoms. The van der Waals surface area contributed by atoms with E-state index in [-0.39, 0.29) is 5.44 Å². The lowest BCUT2D eigenvalue weighted by Gasteiger charge is -2.26. The van der Waals surface area contributed by atoms with Crippen LogP contribution in [0, 0.1) is 5.41 Å². The lowest BCUT2D eigenvalue weighted by molar-refractivity contribution is 0.0622. The topological polar surface area (TPSA) is 21.7 Å². The second-order valence-electron chi connectivity index (χ2n) is 5.15. The maximum absolute atomic E-state index is 5.65. The molecule has 1 heterocycles. The number of nitrogens with zero attached hydrogens (tertiary/aromatic N) is 1. The van der Waals surface area contributed by atoms with Crippen molar-refractivity contribution in [1.82, 2.24) is 4.90 Å². The van der Waals surface area contributed by atoms with Crippen LogP contribution in [0.4, 0.5) is 0 Å². The molecule has 1 saturated heterocycles. The zero-order valence-corrected chi connectivity index (χ0v) is 11.0. The van der Waals surface area contributed by atoms with Gasteiger partial charge >= 0.3 is 0 Å². The first-order chi connectivity index (χ1) is 7.70. The summed E-state index contributed by atoms with van der Waals surface area (Å²) in [5.41, 5.74) is 0.492. The molecule has 1 aliphatic heterocycles. The van der Waals surface area contributed by atoms with Gasteiger partial charge in [0.05, 0.1) is 18.6 Å². The Kier molecular flexibility index (Phi) is 4.53. The standard InChI is InChI=1S/C12H23NO2S/c1-11(16)15-10-12(3-4-12)9-13-5-2-7-14-8-6-13/h11,16H,2-10H2,1H3. The maximum Gasteiger partial charge on any atom is 0.0971 e. The first-order valence-corrected chi connectivity index (χ1v) is 6.82. The molecule has 94 valence electrons. The second-order valence-corrected chi connectivity index (χ2v) is 5.88. The number of rotatable bonds is 5. The Hall–Kier alpha value is 0.230. The van der Waals surface area contributed by atoms with Gasteiger partial charge in [-0.15, -0.1) is 12.6 Å². The van der Waals surface area contributed by atoms with Crippen LogP contribution in [0.15, 0.2) is 0 Å². The summed E-state index contributed by atoms with van der Waals surface area (Å²) in [6.07, 6.45) is 3.79. The molecule has 0 aromatic rings. The van der Waals surface area contributed by atoms with Crippen molar-refractivity contribution in [2.24, 2.45) is 5.41 Å². The summed E-state index contributed by atoms with van der Waals surface area (Å²) in [6, 6.07) is 0. The normalized spacial score (nSPS) is 27.4. The van der Waals surface area contributed by atoms with Gasteiger partial charge in [0.15, 0.2) is 0 Å². The summed E-state index contributed by atoms with van der Waals surface area (Å²) in [6.45, 7) is 8.11. The molecule has 1 aliphatic carbocycles. The van der Waals surface area contributed by atoms with Gasteiger partial charge in [0.2, 0.25) is 0 Å². The molecule has 2 fully saturated rings. The molecule has 0 amide bonds. The van der Waals surface area contributed by atoms with Crippen LogP contribution in [0.25, 0.3) is 0 Å². The quantitative estimate of drug-likeness (QED) is 0.589. The van der Waals surface area contributed by atoms with Gasteiger partial charge in [-0.3, -0.25) is 0 Å². The van der Waals surface area contributed by atoms with E-state index < -0.39 is 0 Å². The summed E-state index contributed by atoms with van der Waals surface area (Å²) in [5, 5.41) is 0. The number of ether oxygens (including phenoxy) is 2. The predicted octanol–water partition coefficient (Wildman–Crippen LogP) is 1.78. The van der Waals surface area contributed by atoms with Gasteiger partial charge in [-0.1, -0.05) is 0 Å². The van der Waals surface area contributed by atoms with Gasteiger partial charge in [-0.2, -0.15) is 0 Å². The first-order valence-electron chi connectivity index (χ1n) is 6.30. The Morgan fingerprint density at radius 1 is 1.38 bits per heavy atom. The molecule has 3 nitrogen and oxygen atoms in total. The van der Waals surface area contributed by atoms with Crippen LogP contribution < -0.4 is 0 Å². The molecular formula is C12H23NO2S. The molecule has 1 atom stereocenters. The number of thiol groups is 1. The largest absolute Gasteiger partial charge is 0.380 e. The Bertz CT molecular complexity index is 211. The molecule has 0 N–H and O–H groups in total. The minimum absolute atomic E-state index is 0.0601. The van der Waals surface area contributed by atoms with Crippen molar-refractivity contribution in [2.45, 2.75) is 31.6 Å². The lowest BCUT2D eigenvalue weighted by Crippen LogP contribution is -2.34. The molecule has 0 aromatic heterocycles. The highest BCUT2D eigenvalue weighted by Crippen LogP contribution is 2.46. The Morgan fingerprint density at radius 3 is 2.88 bits per heavy atom. The number of hydrogen-bond donors (Lipinski definition) is 1. The SMILES string of the molecule is CC(S)OCC1(CN2CCCOCC2)CC1. The minimum atomic E-state index is 0.0601. The summed E-state index contributed by atoms with van der Waals surface area (Å²) < 4.78 is 11.1. The Morgan fingerprint density at radius 2 is 2.19 bits per heavy atom. The van der Waals surface area contributed by atoms with Crippen LogP contribution in [0.5, 0.6) is 0 Å². The summed E-state index contributed by atoms with van der Waals surface area (Å²) in [4.78, 5) is 2.53. The molecule has 0 aromatic carbocycles. The summed E-state index contributed by atoms with van der Waals surface area (Å²) in [5.74, 6) is 0. The van der Waals surface area contributed by atoms with Crippen molar-refractivity contribution in [3.8, 4) is 0 Å². The molecule has 16 heavy (non-hydrogen) atoms. The fraction of sp³-hybridized carbons (Fsp3) is 1.00. The van der Waals surface area contributed by atoms with E-state index in [2.05, 4.69) is 17.5 Å². The van der Waals surface area contributed by atoms with Crippen LogP contribution >= 0.6 is 12.6 Å². The van der Waals surface area contributed by atoms with E-state index in [4.69, 9.17) is 9.47 Å². The van der Waals surface area contributed by atoms with Crippen molar-refractivity contribution in [3.63, 3.8) is 0 Å². The predicted molar refractivity (Wildman–Crippen MR) is 67.9 cm³/mol. The first kappa shape index (κ1) is 12.7. The van der Waals surface area contributed by atoms with Gasteiger partial charge < -0.3 is 14.4 Å². The average Bonchev–Trinajstić information content (AvgIpc) is 3.02. The van der Waals surface area contributed by atoms with E-state index >= 15 is 0 Å². The highest BCUT2D eigenvalue weighted by molar-refractivity contribution is 7.80. The second kappa shape index (κ2) is 5.71. The molecule has 1 unspecified atom stereocenters. The smallest absolute Gasteiger partial charge is 0.0971 e. The van der Waals surface area contributed by atoms with E-state index in [1.165, 1.54) is 32.4 Å². The van der Waals surface area contributed by atoms with Crippen LogP contribution in [-0.4, -0.2) is 49.8 Å². The molecule has 2 aliphatic rings. The zero-order valence-electron chi connectivity index (χ0n) is 10.2.